The first kappa shape index (κ1) is 18.5. The summed E-state index contributed by atoms with van der Waals surface area (Å²) in [4.78, 5) is 10.6. The molecule has 0 aliphatic carbocycles. The minimum atomic E-state index is -4.97. The van der Waals surface area contributed by atoms with Crippen LogP contribution < -0.4 is 4.43 Å². The van der Waals surface area contributed by atoms with Crippen molar-refractivity contribution < 1.29 is 27.1 Å². The lowest BCUT2D eigenvalue weighted by molar-refractivity contribution is -0.201. The predicted molar refractivity (Wildman–Crippen MR) is 80.1 cm³/mol. The number of halogens is 3. The van der Waals surface area contributed by atoms with Crippen LogP contribution in [0.25, 0.3) is 0 Å². The second-order valence-corrected chi connectivity index (χ2v) is 11.3. The number of hydrogen-bond donors (Lipinski definition) is 0. The Morgan fingerprint density at radius 2 is 1.59 bits per heavy atom. The van der Waals surface area contributed by atoms with Crippen LogP contribution in [-0.2, 0) is 16.1 Å². The third-order valence-corrected chi connectivity index (χ3v) is 8.06. The van der Waals surface area contributed by atoms with Crippen LogP contribution in [0.1, 0.15) is 26.3 Å². The molecule has 3 nitrogen and oxygen atoms in total. The molecule has 0 amide bonds. The van der Waals surface area contributed by atoms with Crippen LogP contribution in [0.15, 0.2) is 24.3 Å². The van der Waals surface area contributed by atoms with Crippen molar-refractivity contribution in [1.82, 2.24) is 0 Å². The quantitative estimate of drug-likeness (QED) is 0.592. The standard InChI is InChI=1S/C15H21F3O3Si/c1-14(2,3)22(4,5)21-12-8-6-11(7-9-12)10-20-13(19)15(16,17)18/h6-9H,10H2,1-5H3. The summed E-state index contributed by atoms with van der Waals surface area (Å²) >= 11 is 0. The van der Waals surface area contributed by atoms with E-state index in [1.165, 1.54) is 0 Å². The molecule has 1 rings (SSSR count). The Morgan fingerprint density at radius 3 is 2.00 bits per heavy atom. The van der Waals surface area contributed by atoms with Crippen LogP contribution >= 0.6 is 0 Å². The lowest BCUT2D eigenvalue weighted by Crippen LogP contribution is -2.43. The molecule has 22 heavy (non-hydrogen) atoms. The van der Waals surface area contributed by atoms with Crippen LogP contribution in [0.5, 0.6) is 5.75 Å². The maximum Gasteiger partial charge on any atom is 0.490 e. The molecule has 0 saturated carbocycles. The van der Waals surface area contributed by atoms with Gasteiger partial charge in [-0.2, -0.15) is 13.2 Å². The molecule has 0 aliphatic heterocycles. The van der Waals surface area contributed by atoms with E-state index < -0.39 is 27.1 Å². The molecular weight excluding hydrogens is 313 g/mol. The average Bonchev–Trinajstić information content (AvgIpc) is 2.34. The van der Waals surface area contributed by atoms with Crippen molar-refractivity contribution in [2.45, 2.75) is 51.7 Å². The van der Waals surface area contributed by atoms with Crippen LogP contribution in [0, 0.1) is 0 Å². The Bertz CT molecular complexity index is 516. The van der Waals surface area contributed by atoms with Gasteiger partial charge in [0.05, 0.1) is 0 Å². The summed E-state index contributed by atoms with van der Waals surface area (Å²) < 4.78 is 46.3. The molecule has 0 N–H and O–H groups in total. The second-order valence-electron chi connectivity index (χ2n) is 6.58. The number of benzene rings is 1. The fraction of sp³-hybridized carbons (Fsp3) is 0.533. The Kier molecular flexibility index (Phi) is 5.32. The van der Waals surface area contributed by atoms with Crippen molar-refractivity contribution in [3.05, 3.63) is 29.8 Å². The van der Waals surface area contributed by atoms with Gasteiger partial charge in [-0.05, 0) is 35.8 Å². The van der Waals surface area contributed by atoms with Crippen LogP contribution in [0.3, 0.4) is 0 Å². The van der Waals surface area contributed by atoms with E-state index in [4.69, 9.17) is 4.43 Å². The Morgan fingerprint density at radius 1 is 1.09 bits per heavy atom. The normalized spacial score (nSPS) is 12.9. The van der Waals surface area contributed by atoms with E-state index >= 15 is 0 Å². The summed E-state index contributed by atoms with van der Waals surface area (Å²) in [5.41, 5.74) is 0.472. The van der Waals surface area contributed by atoms with Gasteiger partial charge in [0.1, 0.15) is 12.4 Å². The monoisotopic (exact) mass is 334 g/mol. The summed E-state index contributed by atoms with van der Waals surface area (Å²) in [5, 5.41) is 0.0495. The SMILES string of the molecule is CC(C)(C)[Si](C)(C)Oc1ccc(COC(=O)C(F)(F)F)cc1. The molecule has 1 aromatic rings. The molecule has 0 fully saturated rings. The number of alkyl halides is 3. The Balaban J connectivity index is 2.66. The topological polar surface area (TPSA) is 35.5 Å². The predicted octanol–water partition coefficient (Wildman–Crippen LogP) is 4.68. The van der Waals surface area contributed by atoms with Crippen LogP contribution in [0.2, 0.25) is 18.1 Å². The first-order valence-corrected chi connectivity index (χ1v) is 9.76. The number of hydrogen-bond acceptors (Lipinski definition) is 3. The van der Waals surface area contributed by atoms with Gasteiger partial charge in [-0.3, -0.25) is 0 Å². The van der Waals surface area contributed by atoms with Crippen molar-refractivity contribution in [1.29, 1.82) is 0 Å². The molecule has 0 aliphatic rings. The minimum Gasteiger partial charge on any atom is -0.544 e. The highest BCUT2D eigenvalue weighted by Crippen LogP contribution is 2.37. The second kappa shape index (κ2) is 6.32. The molecule has 0 bridgehead atoms. The van der Waals surface area contributed by atoms with Gasteiger partial charge >= 0.3 is 12.1 Å². The fourth-order valence-corrected chi connectivity index (χ4v) is 2.36. The number of ether oxygens (including phenoxy) is 1. The number of carbonyl (C=O) groups is 1. The Labute approximate surface area is 129 Å². The third kappa shape index (κ3) is 5.05. The lowest BCUT2D eigenvalue weighted by atomic mass is 10.2. The molecule has 0 aromatic heterocycles. The van der Waals surface area contributed by atoms with Crippen molar-refractivity contribution >= 4 is 14.3 Å². The summed E-state index contributed by atoms with van der Waals surface area (Å²) in [6, 6.07) is 6.53. The molecule has 0 heterocycles. The number of carbonyl (C=O) groups excluding carboxylic acids is 1. The number of rotatable bonds is 4. The zero-order chi connectivity index (χ0) is 17.2. The molecule has 0 atom stereocenters. The molecule has 124 valence electrons. The molecule has 0 unspecified atom stereocenters. The van der Waals surface area contributed by atoms with Gasteiger partial charge in [-0.1, -0.05) is 32.9 Å². The minimum absolute atomic E-state index is 0.0495. The third-order valence-electron chi connectivity index (χ3n) is 3.70. The van der Waals surface area contributed by atoms with Crippen molar-refractivity contribution in [2.75, 3.05) is 0 Å². The van der Waals surface area contributed by atoms with E-state index in [2.05, 4.69) is 38.6 Å². The highest BCUT2D eigenvalue weighted by atomic mass is 28.4. The van der Waals surface area contributed by atoms with Crippen molar-refractivity contribution in [3.8, 4) is 5.75 Å². The molecule has 0 spiro atoms. The summed E-state index contributed by atoms with van der Waals surface area (Å²) in [5.74, 6) is -1.52. The van der Waals surface area contributed by atoms with E-state index in [0.717, 1.165) is 0 Å². The zero-order valence-corrected chi connectivity index (χ0v) is 14.4. The van der Waals surface area contributed by atoms with E-state index in [1.54, 1.807) is 24.3 Å². The van der Waals surface area contributed by atoms with Gasteiger partial charge in [-0.25, -0.2) is 4.79 Å². The maximum atomic E-state index is 12.0. The largest absolute Gasteiger partial charge is 0.544 e. The van der Waals surface area contributed by atoms with Crippen LogP contribution in [0.4, 0.5) is 13.2 Å². The van der Waals surface area contributed by atoms with E-state index in [9.17, 15) is 18.0 Å². The molecular formula is C15H21F3O3Si. The molecule has 0 saturated heterocycles. The van der Waals surface area contributed by atoms with Crippen molar-refractivity contribution in [2.24, 2.45) is 0 Å². The summed E-state index contributed by atoms with van der Waals surface area (Å²) in [6.07, 6.45) is -4.97. The average molecular weight is 334 g/mol. The fourth-order valence-electron chi connectivity index (χ4n) is 1.33. The van der Waals surface area contributed by atoms with Gasteiger partial charge in [0.2, 0.25) is 8.32 Å². The highest BCUT2D eigenvalue weighted by molar-refractivity contribution is 6.74. The summed E-state index contributed by atoms with van der Waals surface area (Å²) in [7, 11) is -1.96. The molecule has 1 aromatic carbocycles. The maximum absolute atomic E-state index is 12.0. The van der Waals surface area contributed by atoms with E-state index in [1.807, 2.05) is 0 Å². The zero-order valence-electron chi connectivity index (χ0n) is 13.4. The van der Waals surface area contributed by atoms with Gasteiger partial charge in [0, 0.05) is 0 Å². The van der Waals surface area contributed by atoms with Gasteiger partial charge in [0.15, 0.2) is 0 Å². The molecule has 7 heteroatoms. The Hall–Kier alpha value is -1.50. The van der Waals surface area contributed by atoms with E-state index in [-0.39, 0.29) is 5.04 Å². The smallest absolute Gasteiger partial charge is 0.490 e. The van der Waals surface area contributed by atoms with Gasteiger partial charge in [-0.15, -0.1) is 0 Å². The lowest BCUT2D eigenvalue weighted by Gasteiger charge is -2.36. The summed E-state index contributed by atoms with van der Waals surface area (Å²) in [6.45, 7) is 10.1. The van der Waals surface area contributed by atoms with E-state index in [0.29, 0.717) is 11.3 Å². The van der Waals surface area contributed by atoms with Crippen LogP contribution in [-0.4, -0.2) is 20.5 Å². The highest BCUT2D eigenvalue weighted by Gasteiger charge is 2.41. The van der Waals surface area contributed by atoms with Crippen molar-refractivity contribution in [3.63, 3.8) is 0 Å². The first-order chi connectivity index (χ1) is 9.83. The number of esters is 1. The van der Waals surface area contributed by atoms with Gasteiger partial charge < -0.3 is 9.16 Å². The first-order valence-electron chi connectivity index (χ1n) is 6.85. The van der Waals surface area contributed by atoms with Gasteiger partial charge in [0.25, 0.3) is 0 Å². The molecule has 0 radical (unpaired) electrons.